The second kappa shape index (κ2) is 16.0. The number of hydrogen-bond donors (Lipinski definition) is 4. The van der Waals surface area contributed by atoms with Gasteiger partial charge in [-0.25, -0.2) is 4.79 Å². The molecule has 2 unspecified atom stereocenters. The molecule has 1 aromatic heterocycles. The molecule has 0 aromatic carbocycles. The Balaban J connectivity index is 1.63. The first-order chi connectivity index (χ1) is 18.8. The van der Waals surface area contributed by atoms with Gasteiger partial charge in [0.05, 0.1) is 11.7 Å². The van der Waals surface area contributed by atoms with Crippen molar-refractivity contribution < 1.29 is 9.59 Å². The van der Waals surface area contributed by atoms with Gasteiger partial charge in [-0.15, -0.1) is 5.10 Å². The summed E-state index contributed by atoms with van der Waals surface area (Å²) in [6.45, 7) is 18.1. The van der Waals surface area contributed by atoms with Crippen LogP contribution in [-0.4, -0.2) is 52.1 Å². The van der Waals surface area contributed by atoms with E-state index in [-0.39, 0.29) is 35.5 Å². The number of carbonyl (C=O) groups is 2. The average molecular weight is 560 g/mol. The van der Waals surface area contributed by atoms with Gasteiger partial charge in [0.25, 0.3) is 0 Å². The molecule has 2 rings (SSSR count). The third kappa shape index (κ3) is 12.7. The van der Waals surface area contributed by atoms with Gasteiger partial charge in [0.2, 0.25) is 5.91 Å². The molecule has 0 bridgehead atoms. The van der Waals surface area contributed by atoms with Gasteiger partial charge in [-0.05, 0) is 76.0 Å². The Kier molecular flexibility index (Phi) is 13.5. The molecule has 0 aliphatic carbocycles. The van der Waals surface area contributed by atoms with Crippen molar-refractivity contribution in [3.8, 4) is 0 Å². The molecule has 0 saturated carbocycles. The van der Waals surface area contributed by atoms with E-state index in [0.717, 1.165) is 50.0 Å². The van der Waals surface area contributed by atoms with E-state index in [0.29, 0.717) is 5.41 Å². The lowest BCUT2D eigenvalue weighted by Crippen LogP contribution is -2.41. The van der Waals surface area contributed by atoms with Crippen molar-refractivity contribution in [3.63, 3.8) is 0 Å². The summed E-state index contributed by atoms with van der Waals surface area (Å²) in [6.07, 6.45) is 15.2. The maximum Gasteiger partial charge on any atom is 0.315 e. The summed E-state index contributed by atoms with van der Waals surface area (Å²) in [5.41, 5.74) is 2.39. The summed E-state index contributed by atoms with van der Waals surface area (Å²) in [5.74, 6) is -0.00344. The summed E-state index contributed by atoms with van der Waals surface area (Å²) < 4.78 is 1.94. The fraction of sp³-hybridized carbons (Fsp3) is 0.806. The maximum absolute atomic E-state index is 12.1. The molecule has 228 valence electrons. The molecule has 4 N–H and O–H groups in total. The largest absolute Gasteiger partial charge is 0.378 e. The van der Waals surface area contributed by atoms with Crippen molar-refractivity contribution in [3.05, 3.63) is 24.2 Å². The molecule has 1 aliphatic heterocycles. The van der Waals surface area contributed by atoms with Crippen molar-refractivity contribution in [2.75, 3.05) is 7.05 Å². The summed E-state index contributed by atoms with van der Waals surface area (Å²) in [6, 6.07) is 0.249. The van der Waals surface area contributed by atoms with Gasteiger partial charge < -0.3 is 21.3 Å². The van der Waals surface area contributed by atoms with Gasteiger partial charge in [-0.2, -0.15) is 0 Å². The van der Waals surface area contributed by atoms with E-state index in [9.17, 15) is 9.59 Å². The van der Waals surface area contributed by atoms with E-state index in [2.05, 4.69) is 79.0 Å². The Bertz CT molecular complexity index is 940. The van der Waals surface area contributed by atoms with Gasteiger partial charge in [0, 0.05) is 31.5 Å². The van der Waals surface area contributed by atoms with Crippen LogP contribution in [0.4, 0.5) is 4.79 Å². The quantitative estimate of drug-likeness (QED) is 0.158. The number of nitrogens with zero attached hydrogens (tertiary/aromatic N) is 3. The lowest BCUT2D eigenvalue weighted by atomic mass is 9.77. The predicted octanol–water partition coefficient (Wildman–Crippen LogP) is 5.47. The average Bonchev–Trinajstić information content (AvgIpc) is 3.43. The van der Waals surface area contributed by atoms with Crippen LogP contribution in [0.15, 0.2) is 18.5 Å². The van der Waals surface area contributed by atoms with Crippen LogP contribution in [0.25, 0.3) is 0 Å². The highest BCUT2D eigenvalue weighted by Gasteiger charge is 2.27. The second-order valence-corrected chi connectivity index (χ2v) is 13.5. The minimum absolute atomic E-state index is 0.00344. The highest BCUT2D eigenvalue weighted by Crippen LogP contribution is 2.34. The molecule has 9 nitrogen and oxygen atoms in total. The van der Waals surface area contributed by atoms with Gasteiger partial charge in [-0.3, -0.25) is 9.48 Å². The maximum atomic E-state index is 12.1. The second-order valence-electron chi connectivity index (χ2n) is 13.5. The SMILES string of the molecule is C=C(C)N[C@@H](CCCCn1cc(CC(C)(C)CCCC(C)(C)CCCCCC2NC(=O)NC2C)nn1)C(=O)NC. The van der Waals surface area contributed by atoms with Crippen molar-refractivity contribution in [2.24, 2.45) is 10.8 Å². The van der Waals surface area contributed by atoms with E-state index < -0.39 is 0 Å². The molecule has 1 aliphatic rings. The molecule has 1 aromatic rings. The fourth-order valence-electron chi connectivity index (χ4n) is 5.75. The summed E-state index contributed by atoms with van der Waals surface area (Å²) in [5, 5.41) is 20.6. The Morgan fingerprint density at radius 2 is 1.75 bits per heavy atom. The highest BCUT2D eigenvalue weighted by molar-refractivity contribution is 5.81. The number of nitrogens with one attached hydrogen (secondary N) is 4. The first kappa shape index (κ1) is 33.6. The first-order valence-corrected chi connectivity index (χ1v) is 15.4. The van der Waals surface area contributed by atoms with Crippen LogP contribution in [0.5, 0.6) is 0 Å². The van der Waals surface area contributed by atoms with Crippen LogP contribution in [0.2, 0.25) is 0 Å². The Hall–Kier alpha value is -2.58. The number of unbranched alkanes of at least 4 members (excludes halogenated alkanes) is 3. The van der Waals surface area contributed by atoms with Crippen LogP contribution in [0.1, 0.15) is 118 Å². The van der Waals surface area contributed by atoms with Crippen LogP contribution >= 0.6 is 0 Å². The Morgan fingerprint density at radius 3 is 2.40 bits per heavy atom. The number of carbonyl (C=O) groups excluding carboxylic acids is 2. The zero-order valence-electron chi connectivity index (χ0n) is 26.4. The normalized spacial score (nSPS) is 18.2. The molecule has 0 spiro atoms. The number of aromatic nitrogens is 3. The number of aryl methyl sites for hydroxylation is 1. The summed E-state index contributed by atoms with van der Waals surface area (Å²) in [4.78, 5) is 23.5. The number of rotatable bonds is 20. The minimum atomic E-state index is -0.242. The molecule has 1 saturated heterocycles. The van der Waals surface area contributed by atoms with E-state index in [1.54, 1.807) is 7.05 Å². The fourth-order valence-corrected chi connectivity index (χ4v) is 5.75. The topological polar surface area (TPSA) is 113 Å². The molecular formula is C31H57N7O2. The molecule has 2 heterocycles. The lowest BCUT2D eigenvalue weighted by Gasteiger charge is -2.28. The Labute approximate surface area is 243 Å². The van der Waals surface area contributed by atoms with E-state index in [4.69, 9.17) is 0 Å². The number of allylic oxidation sites excluding steroid dienone is 1. The van der Waals surface area contributed by atoms with Crippen molar-refractivity contribution in [2.45, 2.75) is 143 Å². The molecule has 40 heavy (non-hydrogen) atoms. The summed E-state index contributed by atoms with van der Waals surface area (Å²) in [7, 11) is 1.66. The molecular weight excluding hydrogens is 502 g/mol. The van der Waals surface area contributed by atoms with E-state index in [1.807, 2.05) is 11.6 Å². The van der Waals surface area contributed by atoms with Crippen molar-refractivity contribution >= 4 is 11.9 Å². The lowest BCUT2D eigenvalue weighted by molar-refractivity contribution is -0.122. The van der Waals surface area contributed by atoms with Crippen molar-refractivity contribution in [1.29, 1.82) is 0 Å². The number of amides is 3. The molecule has 9 heteroatoms. The van der Waals surface area contributed by atoms with Crippen LogP contribution in [-0.2, 0) is 17.8 Å². The number of likely N-dealkylation sites (N-methyl/N-ethyl adjacent to an activating group) is 1. The number of urea groups is 1. The van der Waals surface area contributed by atoms with E-state index >= 15 is 0 Å². The minimum Gasteiger partial charge on any atom is -0.378 e. The van der Waals surface area contributed by atoms with Gasteiger partial charge in [-0.1, -0.05) is 65.2 Å². The van der Waals surface area contributed by atoms with Gasteiger partial charge >= 0.3 is 6.03 Å². The third-order valence-electron chi connectivity index (χ3n) is 8.21. The predicted molar refractivity (Wildman–Crippen MR) is 163 cm³/mol. The first-order valence-electron chi connectivity index (χ1n) is 15.4. The van der Waals surface area contributed by atoms with Gasteiger partial charge in [0.1, 0.15) is 6.04 Å². The molecule has 0 radical (unpaired) electrons. The van der Waals surface area contributed by atoms with Crippen LogP contribution < -0.4 is 21.3 Å². The zero-order chi connectivity index (χ0) is 29.8. The zero-order valence-corrected chi connectivity index (χ0v) is 26.4. The monoisotopic (exact) mass is 559 g/mol. The standard InChI is InChI=1S/C31H57N7O2/c1-23(2)33-27(28(39)32-8)16-11-13-20-38-22-25(36-37-38)21-31(6,7)19-14-18-30(4,5)17-12-9-10-15-26-24(3)34-29(40)35-26/h22,24,26-27,33H,1,9-21H2,2-8H3,(H,32,39)(H2,34,35,40)/t24?,26?,27-/m0/s1. The Morgan fingerprint density at radius 1 is 1.05 bits per heavy atom. The summed E-state index contributed by atoms with van der Waals surface area (Å²) >= 11 is 0. The molecule has 1 fully saturated rings. The highest BCUT2D eigenvalue weighted by atomic mass is 16.2. The van der Waals surface area contributed by atoms with E-state index in [1.165, 1.54) is 44.9 Å². The smallest absolute Gasteiger partial charge is 0.315 e. The van der Waals surface area contributed by atoms with Crippen molar-refractivity contribution in [1.82, 2.24) is 36.3 Å². The molecule has 3 amide bonds. The van der Waals surface area contributed by atoms with Crippen LogP contribution in [0.3, 0.4) is 0 Å². The van der Waals surface area contributed by atoms with Crippen LogP contribution in [0, 0.1) is 10.8 Å². The molecule has 3 atom stereocenters. The van der Waals surface area contributed by atoms with Gasteiger partial charge in [0.15, 0.2) is 0 Å². The number of hydrogen-bond acceptors (Lipinski definition) is 5. The third-order valence-corrected chi connectivity index (χ3v) is 8.21.